The van der Waals surface area contributed by atoms with E-state index < -0.39 is 17.5 Å². The van der Waals surface area contributed by atoms with Crippen molar-refractivity contribution in [3.8, 4) is 0 Å². The molecule has 1 heterocycles. The summed E-state index contributed by atoms with van der Waals surface area (Å²) in [5.41, 5.74) is 0.0401. The first-order valence-corrected chi connectivity index (χ1v) is 4.35. The minimum absolute atomic E-state index is 0.427. The predicted molar refractivity (Wildman–Crippen MR) is 47.1 cm³/mol. The summed E-state index contributed by atoms with van der Waals surface area (Å²) in [7, 11) is 0. The van der Waals surface area contributed by atoms with Crippen LogP contribution >= 0.6 is 15.9 Å². The minimum Gasteiger partial charge on any atom is -0.284 e. The molecule has 2 nitrogen and oxygen atoms in total. The van der Waals surface area contributed by atoms with Crippen molar-refractivity contribution in [2.75, 3.05) is 0 Å². The van der Waals surface area contributed by atoms with E-state index in [1.54, 1.807) is 6.92 Å². The van der Waals surface area contributed by atoms with Crippen LogP contribution in [0.15, 0.2) is 16.9 Å². The zero-order valence-corrected chi connectivity index (χ0v) is 8.61. The number of rotatable bonds is 1. The van der Waals surface area contributed by atoms with E-state index in [4.69, 9.17) is 0 Å². The molecule has 0 aliphatic rings. The number of Topliss-reactive ketones (excluding diaryl/α,β-unsaturated/α-hetero) is 1. The maximum Gasteiger partial charge on any atom is 0.454 e. The van der Waals surface area contributed by atoms with Crippen LogP contribution in [0.4, 0.5) is 13.2 Å². The van der Waals surface area contributed by atoms with Crippen molar-refractivity contribution in [1.82, 2.24) is 4.98 Å². The molecular formula is C8H5BrF3NO. The molecule has 0 N–H and O–H groups in total. The standard InChI is InChI=1S/C8H5BrF3NO/c1-4-2-5(3-13-7(4)9)6(14)8(10,11)12/h2-3H,1H3. The summed E-state index contributed by atoms with van der Waals surface area (Å²) in [6.07, 6.45) is -3.95. The van der Waals surface area contributed by atoms with Gasteiger partial charge in [-0.15, -0.1) is 0 Å². The van der Waals surface area contributed by atoms with Gasteiger partial charge in [-0.1, -0.05) is 0 Å². The van der Waals surface area contributed by atoms with Crippen molar-refractivity contribution in [2.24, 2.45) is 0 Å². The molecule has 6 heteroatoms. The number of alkyl halides is 3. The molecule has 0 spiro atoms. The number of aryl methyl sites for hydroxylation is 1. The Morgan fingerprint density at radius 3 is 2.50 bits per heavy atom. The maximum absolute atomic E-state index is 12.0. The molecule has 0 unspecified atom stereocenters. The SMILES string of the molecule is Cc1cc(C(=O)C(F)(F)F)cnc1Br. The Kier molecular flexibility index (Phi) is 2.94. The summed E-state index contributed by atoms with van der Waals surface area (Å²) in [5.74, 6) is -1.87. The van der Waals surface area contributed by atoms with Gasteiger partial charge in [-0.2, -0.15) is 13.2 Å². The Labute approximate surface area is 86.3 Å². The lowest BCUT2D eigenvalue weighted by Crippen LogP contribution is -2.22. The number of nitrogens with zero attached hydrogens (tertiary/aromatic N) is 1. The quantitative estimate of drug-likeness (QED) is 0.579. The fourth-order valence-corrected chi connectivity index (χ4v) is 1.06. The lowest BCUT2D eigenvalue weighted by molar-refractivity contribution is -0.0885. The average Bonchev–Trinajstić information content (AvgIpc) is 2.07. The largest absolute Gasteiger partial charge is 0.454 e. The molecule has 1 aromatic rings. The van der Waals surface area contributed by atoms with E-state index in [-0.39, 0.29) is 0 Å². The second kappa shape index (κ2) is 3.68. The smallest absolute Gasteiger partial charge is 0.284 e. The molecule has 0 aliphatic heterocycles. The maximum atomic E-state index is 12.0. The Morgan fingerprint density at radius 1 is 1.50 bits per heavy atom. The third kappa shape index (κ3) is 2.31. The predicted octanol–water partition coefficient (Wildman–Crippen LogP) is 2.90. The van der Waals surface area contributed by atoms with Crippen LogP contribution in [0.5, 0.6) is 0 Å². The molecule has 0 bridgehead atoms. The first-order valence-electron chi connectivity index (χ1n) is 3.56. The fraction of sp³-hybridized carbons (Fsp3) is 0.250. The monoisotopic (exact) mass is 267 g/mol. The molecule has 1 aromatic heterocycles. The van der Waals surface area contributed by atoms with E-state index in [9.17, 15) is 18.0 Å². The van der Waals surface area contributed by atoms with Gasteiger partial charge >= 0.3 is 6.18 Å². The van der Waals surface area contributed by atoms with Gasteiger partial charge in [0.25, 0.3) is 5.78 Å². The highest BCUT2D eigenvalue weighted by molar-refractivity contribution is 9.10. The molecule has 0 aliphatic carbocycles. The van der Waals surface area contributed by atoms with Crippen molar-refractivity contribution in [3.05, 3.63) is 28.0 Å². The molecule has 14 heavy (non-hydrogen) atoms. The Balaban J connectivity index is 3.10. The van der Waals surface area contributed by atoms with Gasteiger partial charge < -0.3 is 0 Å². The third-order valence-corrected chi connectivity index (χ3v) is 2.36. The Morgan fingerprint density at radius 2 is 2.07 bits per heavy atom. The van der Waals surface area contributed by atoms with Crippen molar-refractivity contribution < 1.29 is 18.0 Å². The van der Waals surface area contributed by atoms with E-state index in [2.05, 4.69) is 20.9 Å². The summed E-state index contributed by atoms with van der Waals surface area (Å²) in [5, 5.41) is 0. The van der Waals surface area contributed by atoms with Gasteiger partial charge in [0, 0.05) is 11.8 Å². The minimum atomic E-state index is -4.85. The number of ketones is 1. The molecule has 0 amide bonds. The van der Waals surface area contributed by atoms with Gasteiger partial charge in [0.05, 0.1) is 0 Å². The van der Waals surface area contributed by atoms with Crippen molar-refractivity contribution in [3.63, 3.8) is 0 Å². The van der Waals surface area contributed by atoms with Crippen molar-refractivity contribution >= 4 is 21.7 Å². The molecule has 0 aromatic carbocycles. The van der Waals surface area contributed by atoms with Crippen LogP contribution in [0, 0.1) is 6.92 Å². The molecule has 0 atom stereocenters. The van der Waals surface area contributed by atoms with E-state index in [0.717, 1.165) is 12.3 Å². The van der Waals surface area contributed by atoms with Gasteiger partial charge in [0.15, 0.2) is 0 Å². The van der Waals surface area contributed by atoms with Gasteiger partial charge in [0.2, 0.25) is 0 Å². The van der Waals surface area contributed by atoms with Crippen LogP contribution in [0.25, 0.3) is 0 Å². The van der Waals surface area contributed by atoms with E-state index in [1.165, 1.54) is 0 Å². The van der Waals surface area contributed by atoms with Gasteiger partial charge in [-0.25, -0.2) is 4.98 Å². The second-order valence-electron chi connectivity index (χ2n) is 2.66. The summed E-state index contributed by atoms with van der Waals surface area (Å²) in [6, 6.07) is 1.15. The molecular weight excluding hydrogens is 263 g/mol. The second-order valence-corrected chi connectivity index (χ2v) is 3.41. The number of carbonyl (C=O) groups is 1. The van der Waals surface area contributed by atoms with Crippen molar-refractivity contribution in [2.45, 2.75) is 13.1 Å². The number of aromatic nitrogens is 1. The van der Waals surface area contributed by atoms with Crippen LogP contribution in [-0.2, 0) is 0 Å². The molecule has 0 fully saturated rings. The lowest BCUT2D eigenvalue weighted by Gasteiger charge is -2.05. The molecule has 1 rings (SSSR count). The van der Waals surface area contributed by atoms with Gasteiger partial charge in [-0.05, 0) is 34.5 Å². The van der Waals surface area contributed by atoms with E-state index >= 15 is 0 Å². The average molecular weight is 268 g/mol. The van der Waals surface area contributed by atoms with Crippen LogP contribution in [-0.4, -0.2) is 16.9 Å². The number of halogens is 4. The zero-order chi connectivity index (χ0) is 10.9. The lowest BCUT2D eigenvalue weighted by atomic mass is 10.1. The fourth-order valence-electron chi connectivity index (χ4n) is 0.846. The van der Waals surface area contributed by atoms with Gasteiger partial charge in [-0.3, -0.25) is 4.79 Å². The van der Waals surface area contributed by atoms with Crippen molar-refractivity contribution in [1.29, 1.82) is 0 Å². The third-order valence-electron chi connectivity index (χ3n) is 1.53. The number of hydrogen-bond acceptors (Lipinski definition) is 2. The Hall–Kier alpha value is -0.910. The first kappa shape index (κ1) is 11.2. The summed E-state index contributed by atoms with van der Waals surface area (Å²) >= 11 is 3.03. The highest BCUT2D eigenvalue weighted by atomic mass is 79.9. The van der Waals surface area contributed by atoms with E-state index in [1.807, 2.05) is 0 Å². The number of hydrogen-bond donors (Lipinski definition) is 0. The van der Waals surface area contributed by atoms with Crippen LogP contribution in [0.3, 0.4) is 0 Å². The molecule has 0 saturated heterocycles. The highest BCUT2D eigenvalue weighted by Crippen LogP contribution is 2.23. The first-order chi connectivity index (χ1) is 6.32. The number of pyridine rings is 1. The van der Waals surface area contributed by atoms with Gasteiger partial charge in [0.1, 0.15) is 4.60 Å². The zero-order valence-electron chi connectivity index (χ0n) is 7.02. The Bertz CT molecular complexity index is 375. The van der Waals surface area contributed by atoms with E-state index in [0.29, 0.717) is 10.2 Å². The normalized spacial score (nSPS) is 11.5. The van der Waals surface area contributed by atoms with Crippen LogP contribution in [0.1, 0.15) is 15.9 Å². The molecule has 76 valence electrons. The molecule has 0 radical (unpaired) electrons. The summed E-state index contributed by atoms with van der Waals surface area (Å²) in [4.78, 5) is 14.4. The summed E-state index contributed by atoms with van der Waals surface area (Å²) in [6.45, 7) is 1.56. The summed E-state index contributed by atoms with van der Waals surface area (Å²) < 4.78 is 36.4. The van der Waals surface area contributed by atoms with Crippen LogP contribution in [0.2, 0.25) is 0 Å². The highest BCUT2D eigenvalue weighted by Gasteiger charge is 2.39. The van der Waals surface area contributed by atoms with Crippen LogP contribution < -0.4 is 0 Å². The molecule has 0 saturated carbocycles. The number of carbonyl (C=O) groups excluding carboxylic acids is 1. The topological polar surface area (TPSA) is 30.0 Å².